The predicted molar refractivity (Wildman–Crippen MR) is 97.9 cm³/mol. The molecular weight excluding hydrogens is 442 g/mol. The highest BCUT2D eigenvalue weighted by Gasteiger charge is 2.27. The number of benzene rings is 2. The van der Waals surface area contributed by atoms with Crippen molar-refractivity contribution in [3.8, 4) is 5.75 Å². The van der Waals surface area contributed by atoms with Crippen LogP contribution < -0.4 is 15.0 Å². The van der Waals surface area contributed by atoms with Crippen LogP contribution in [0.1, 0.15) is 0 Å². The molecule has 0 saturated heterocycles. The number of hydrogen-bond acceptors (Lipinski definition) is 5. The lowest BCUT2D eigenvalue weighted by Gasteiger charge is -2.28. The first kappa shape index (κ1) is 19.7. The maximum absolute atomic E-state index is 13.7. The molecule has 28 heavy (non-hydrogen) atoms. The Bertz CT molecular complexity index is 930. The number of fused-ring (bicyclic) bond motifs is 1. The van der Waals surface area contributed by atoms with E-state index in [9.17, 15) is 23.2 Å². The molecule has 0 atom stereocenters. The van der Waals surface area contributed by atoms with E-state index in [4.69, 9.17) is 9.47 Å². The van der Waals surface area contributed by atoms with Crippen LogP contribution in [0.4, 0.5) is 20.2 Å². The number of carbonyl (C=O) groups is 3. The molecule has 10 heteroatoms. The Kier molecular flexibility index (Phi) is 5.88. The summed E-state index contributed by atoms with van der Waals surface area (Å²) in [5, 5.41) is 2.18. The average Bonchev–Trinajstić information content (AvgIpc) is 2.65. The monoisotopic (exact) mass is 454 g/mol. The van der Waals surface area contributed by atoms with Gasteiger partial charge in [0.1, 0.15) is 18.1 Å². The lowest BCUT2D eigenvalue weighted by molar-refractivity contribution is -0.146. The van der Waals surface area contributed by atoms with Gasteiger partial charge in [-0.1, -0.05) is 12.1 Å². The lowest BCUT2D eigenvalue weighted by Crippen LogP contribution is -2.42. The van der Waals surface area contributed by atoms with Gasteiger partial charge >= 0.3 is 5.97 Å². The number of nitrogens with zero attached hydrogens (tertiary/aromatic N) is 1. The van der Waals surface area contributed by atoms with Crippen molar-refractivity contribution in [3.05, 3.63) is 52.5 Å². The van der Waals surface area contributed by atoms with E-state index in [2.05, 4.69) is 21.2 Å². The predicted octanol–water partition coefficient (Wildman–Crippen LogP) is 2.63. The van der Waals surface area contributed by atoms with Crippen molar-refractivity contribution in [2.24, 2.45) is 0 Å². The summed E-state index contributed by atoms with van der Waals surface area (Å²) >= 11 is 2.94. The molecule has 0 aliphatic carbocycles. The van der Waals surface area contributed by atoms with E-state index in [1.54, 1.807) is 24.3 Å². The minimum absolute atomic E-state index is 0.000182. The molecule has 1 N–H and O–H groups in total. The van der Waals surface area contributed by atoms with Crippen molar-refractivity contribution in [1.82, 2.24) is 0 Å². The second-order valence-corrected chi connectivity index (χ2v) is 6.54. The zero-order chi connectivity index (χ0) is 20.3. The quantitative estimate of drug-likeness (QED) is 0.701. The molecule has 2 aromatic carbocycles. The lowest BCUT2D eigenvalue weighted by atomic mass is 10.2. The molecule has 0 aromatic heterocycles. The van der Waals surface area contributed by atoms with Crippen LogP contribution in [0, 0.1) is 11.6 Å². The van der Waals surface area contributed by atoms with Gasteiger partial charge in [0.15, 0.2) is 19.0 Å². The van der Waals surface area contributed by atoms with Crippen molar-refractivity contribution in [1.29, 1.82) is 0 Å². The Labute approximate surface area is 166 Å². The zero-order valence-corrected chi connectivity index (χ0v) is 15.8. The van der Waals surface area contributed by atoms with Gasteiger partial charge in [0.25, 0.3) is 11.8 Å². The normalized spacial score (nSPS) is 12.8. The van der Waals surface area contributed by atoms with Gasteiger partial charge in [-0.25, -0.2) is 8.78 Å². The minimum Gasteiger partial charge on any atom is -0.482 e. The molecule has 0 saturated carbocycles. The molecule has 2 amide bonds. The third kappa shape index (κ3) is 4.45. The van der Waals surface area contributed by atoms with Crippen LogP contribution in [0.3, 0.4) is 0 Å². The van der Waals surface area contributed by atoms with Gasteiger partial charge in [0.05, 0.1) is 11.4 Å². The van der Waals surface area contributed by atoms with E-state index >= 15 is 0 Å². The Morgan fingerprint density at radius 3 is 2.75 bits per heavy atom. The molecule has 1 aliphatic rings. The van der Waals surface area contributed by atoms with Gasteiger partial charge in [0.2, 0.25) is 0 Å². The summed E-state index contributed by atoms with van der Waals surface area (Å²) in [5.41, 5.74) is 0.136. The molecule has 0 spiro atoms. The van der Waals surface area contributed by atoms with Crippen molar-refractivity contribution >= 4 is 45.1 Å². The Hall–Kier alpha value is -3.01. The number of halogens is 3. The molecule has 7 nitrogen and oxygen atoms in total. The molecule has 0 radical (unpaired) electrons. The molecule has 1 aliphatic heterocycles. The van der Waals surface area contributed by atoms with Crippen molar-refractivity contribution in [2.75, 3.05) is 30.0 Å². The maximum atomic E-state index is 13.7. The number of para-hydroxylation sites is 2. The fraction of sp³-hybridized carbons (Fsp3) is 0.167. The fourth-order valence-electron chi connectivity index (χ4n) is 2.49. The zero-order valence-electron chi connectivity index (χ0n) is 14.2. The number of carbonyl (C=O) groups excluding carboxylic acids is 3. The summed E-state index contributed by atoms with van der Waals surface area (Å²) in [6.07, 6.45) is 0. The summed E-state index contributed by atoms with van der Waals surface area (Å²) in [6.45, 7) is -1.34. The topological polar surface area (TPSA) is 84.9 Å². The van der Waals surface area contributed by atoms with Crippen LogP contribution in [-0.4, -0.2) is 37.5 Å². The Balaban J connectivity index is 1.58. The molecule has 0 bridgehead atoms. The van der Waals surface area contributed by atoms with Crippen molar-refractivity contribution in [3.63, 3.8) is 0 Å². The second-order valence-electron chi connectivity index (χ2n) is 5.69. The standard InChI is InChI=1S/C18H13BrF2N2O5/c19-11-5-10(20)6-12(21)18(11)22-15(24)8-28-17(26)7-23-13-3-1-2-4-14(13)27-9-16(23)25/h1-6H,7-9H2,(H,22,24). The molecule has 2 aromatic rings. The Morgan fingerprint density at radius 1 is 1.25 bits per heavy atom. The Morgan fingerprint density at radius 2 is 2.00 bits per heavy atom. The number of ether oxygens (including phenoxy) is 2. The summed E-state index contributed by atoms with van der Waals surface area (Å²) in [6, 6.07) is 8.26. The molecule has 146 valence electrons. The molecule has 1 heterocycles. The molecule has 3 rings (SSSR count). The van der Waals surface area contributed by atoms with E-state index in [0.717, 1.165) is 6.07 Å². The van der Waals surface area contributed by atoms with Gasteiger partial charge in [-0.2, -0.15) is 0 Å². The average molecular weight is 455 g/mol. The largest absolute Gasteiger partial charge is 0.482 e. The third-order valence-corrected chi connectivity index (χ3v) is 4.36. The highest BCUT2D eigenvalue weighted by molar-refractivity contribution is 9.10. The van der Waals surface area contributed by atoms with Gasteiger partial charge in [-0.05, 0) is 34.1 Å². The smallest absolute Gasteiger partial charge is 0.326 e. The highest BCUT2D eigenvalue weighted by atomic mass is 79.9. The molecule has 0 unspecified atom stereocenters. The first-order valence-electron chi connectivity index (χ1n) is 7.97. The first-order chi connectivity index (χ1) is 13.3. The second kappa shape index (κ2) is 8.34. The van der Waals surface area contributed by atoms with E-state index in [0.29, 0.717) is 17.5 Å². The van der Waals surface area contributed by atoms with Crippen LogP contribution in [0.2, 0.25) is 0 Å². The summed E-state index contributed by atoms with van der Waals surface area (Å²) in [7, 11) is 0. The number of hydrogen-bond donors (Lipinski definition) is 1. The first-order valence-corrected chi connectivity index (χ1v) is 8.76. The van der Waals surface area contributed by atoms with Crippen LogP contribution >= 0.6 is 15.9 Å². The van der Waals surface area contributed by atoms with Crippen molar-refractivity contribution < 1.29 is 32.6 Å². The van der Waals surface area contributed by atoms with Crippen LogP contribution in [0.15, 0.2) is 40.9 Å². The van der Waals surface area contributed by atoms with Crippen molar-refractivity contribution in [2.45, 2.75) is 0 Å². The third-order valence-electron chi connectivity index (χ3n) is 3.73. The molecular formula is C18H13BrF2N2O5. The number of rotatable bonds is 5. The van der Waals surface area contributed by atoms with E-state index in [1.807, 2.05) is 0 Å². The molecule has 0 fully saturated rings. The number of nitrogens with one attached hydrogen (secondary N) is 1. The maximum Gasteiger partial charge on any atom is 0.326 e. The highest BCUT2D eigenvalue weighted by Crippen LogP contribution is 2.31. The van der Waals surface area contributed by atoms with Crippen LogP contribution in [0.25, 0.3) is 0 Å². The van der Waals surface area contributed by atoms with Gasteiger partial charge < -0.3 is 14.8 Å². The van der Waals surface area contributed by atoms with Crippen LogP contribution in [0.5, 0.6) is 5.75 Å². The number of anilines is 2. The van der Waals surface area contributed by atoms with E-state index in [1.165, 1.54) is 4.90 Å². The SMILES string of the molecule is O=C(COC(=O)CN1C(=O)COc2ccccc21)Nc1c(F)cc(F)cc1Br. The van der Waals surface area contributed by atoms with E-state index < -0.39 is 42.6 Å². The van der Waals surface area contributed by atoms with Gasteiger partial charge in [-0.3, -0.25) is 19.3 Å². The van der Waals surface area contributed by atoms with Gasteiger partial charge in [-0.15, -0.1) is 0 Å². The summed E-state index contributed by atoms with van der Waals surface area (Å²) in [4.78, 5) is 37.1. The fourth-order valence-corrected chi connectivity index (χ4v) is 2.99. The summed E-state index contributed by atoms with van der Waals surface area (Å²) < 4.78 is 36.9. The van der Waals surface area contributed by atoms with Gasteiger partial charge in [0, 0.05) is 10.5 Å². The van der Waals surface area contributed by atoms with E-state index in [-0.39, 0.29) is 16.8 Å². The summed E-state index contributed by atoms with van der Waals surface area (Å²) in [5.74, 6) is -3.44. The number of amides is 2. The minimum atomic E-state index is -0.984. The number of esters is 1. The van der Waals surface area contributed by atoms with Crippen LogP contribution in [-0.2, 0) is 19.1 Å².